The molecule has 4 rings (SSSR count). The summed E-state index contributed by atoms with van der Waals surface area (Å²) in [5.74, 6) is 1.35. The van der Waals surface area contributed by atoms with Crippen molar-refractivity contribution in [1.29, 1.82) is 0 Å². The minimum atomic E-state index is -0.119. The van der Waals surface area contributed by atoms with Gasteiger partial charge in [-0.1, -0.05) is 25.3 Å². The molecule has 1 unspecified atom stereocenters. The fourth-order valence-corrected chi connectivity index (χ4v) is 5.12. The van der Waals surface area contributed by atoms with Gasteiger partial charge in [-0.2, -0.15) is 0 Å². The molecule has 0 bridgehead atoms. The third kappa shape index (κ3) is 5.67. The number of ether oxygens (including phenoxy) is 2. The monoisotopic (exact) mass is 465 g/mol. The standard InChI is InChI=1S/C24H35N3O4.ClH/c1-26-20(15-24(29)27(26)16-23(28)25-18-8-4-3-5-9-18)17-12-13-21(30-2)22(14-17)31-19-10-6-7-11-19;/h12-14,18-20H,3-11,15-16H2,1-2H3,(H,25,28);1H. The molecule has 2 amide bonds. The Labute approximate surface area is 197 Å². The summed E-state index contributed by atoms with van der Waals surface area (Å²) in [7, 11) is 3.53. The number of carbonyl (C=O) groups is 2. The van der Waals surface area contributed by atoms with Gasteiger partial charge < -0.3 is 14.8 Å². The van der Waals surface area contributed by atoms with Crippen molar-refractivity contribution >= 4 is 24.2 Å². The lowest BCUT2D eigenvalue weighted by Gasteiger charge is -2.29. The van der Waals surface area contributed by atoms with Crippen LogP contribution in [0.1, 0.15) is 75.8 Å². The maximum absolute atomic E-state index is 12.7. The minimum Gasteiger partial charge on any atom is -0.493 e. The molecule has 0 radical (unpaired) electrons. The molecule has 0 aromatic heterocycles. The van der Waals surface area contributed by atoms with Gasteiger partial charge in [0.1, 0.15) is 6.54 Å². The fourth-order valence-electron chi connectivity index (χ4n) is 5.12. The Morgan fingerprint density at radius 1 is 1.06 bits per heavy atom. The predicted molar refractivity (Wildman–Crippen MR) is 125 cm³/mol. The van der Waals surface area contributed by atoms with Crippen LogP contribution < -0.4 is 14.8 Å². The Bertz CT molecular complexity index is 793. The third-order valence-electron chi connectivity index (χ3n) is 6.92. The van der Waals surface area contributed by atoms with Gasteiger partial charge >= 0.3 is 0 Å². The Morgan fingerprint density at radius 3 is 2.44 bits per heavy atom. The van der Waals surface area contributed by atoms with E-state index in [2.05, 4.69) is 5.32 Å². The highest BCUT2D eigenvalue weighted by Gasteiger charge is 2.37. The van der Waals surface area contributed by atoms with Crippen molar-refractivity contribution in [2.75, 3.05) is 20.7 Å². The van der Waals surface area contributed by atoms with Crippen LogP contribution in [0.2, 0.25) is 0 Å². The summed E-state index contributed by atoms with van der Waals surface area (Å²) < 4.78 is 11.7. The number of nitrogens with zero attached hydrogens (tertiary/aromatic N) is 2. The molecule has 1 aromatic rings. The molecule has 8 heteroatoms. The highest BCUT2D eigenvalue weighted by atomic mass is 35.5. The van der Waals surface area contributed by atoms with E-state index in [4.69, 9.17) is 9.47 Å². The van der Waals surface area contributed by atoms with Gasteiger partial charge in [0, 0.05) is 19.5 Å². The van der Waals surface area contributed by atoms with Crippen LogP contribution in [0.25, 0.3) is 0 Å². The maximum Gasteiger partial charge on any atom is 0.241 e. The number of methoxy groups -OCH3 is 1. The highest BCUT2D eigenvalue weighted by molar-refractivity contribution is 5.86. The van der Waals surface area contributed by atoms with Crippen LogP contribution in [0.5, 0.6) is 11.5 Å². The van der Waals surface area contributed by atoms with E-state index in [9.17, 15) is 9.59 Å². The zero-order valence-corrected chi connectivity index (χ0v) is 20.0. The van der Waals surface area contributed by atoms with Gasteiger partial charge in [0.05, 0.1) is 19.3 Å². The van der Waals surface area contributed by atoms with Gasteiger partial charge in [-0.25, -0.2) is 5.01 Å². The van der Waals surface area contributed by atoms with Crippen LogP contribution in [-0.4, -0.2) is 54.7 Å². The van der Waals surface area contributed by atoms with Crippen molar-refractivity contribution in [1.82, 2.24) is 15.3 Å². The Balaban J connectivity index is 0.00000289. The van der Waals surface area contributed by atoms with E-state index in [0.29, 0.717) is 12.2 Å². The second kappa shape index (κ2) is 11.2. The first-order valence-electron chi connectivity index (χ1n) is 11.7. The van der Waals surface area contributed by atoms with Crippen molar-refractivity contribution in [3.05, 3.63) is 23.8 Å². The lowest BCUT2D eigenvalue weighted by atomic mass is 9.95. The van der Waals surface area contributed by atoms with E-state index in [1.165, 1.54) is 19.3 Å². The van der Waals surface area contributed by atoms with Gasteiger partial charge in [-0.15, -0.1) is 12.4 Å². The van der Waals surface area contributed by atoms with Crippen LogP contribution in [0.3, 0.4) is 0 Å². The number of hydrogen-bond acceptors (Lipinski definition) is 5. The first-order valence-corrected chi connectivity index (χ1v) is 11.7. The van der Waals surface area contributed by atoms with Crippen LogP contribution in [-0.2, 0) is 9.59 Å². The molecule has 0 spiro atoms. The maximum atomic E-state index is 12.7. The molecule has 2 aliphatic carbocycles. The Hall–Kier alpha value is -1.99. The summed E-state index contributed by atoms with van der Waals surface area (Å²) in [6, 6.07) is 6.03. The highest BCUT2D eigenvalue weighted by Crippen LogP contribution is 2.38. The topological polar surface area (TPSA) is 71.1 Å². The van der Waals surface area contributed by atoms with E-state index in [-0.39, 0.29) is 49.0 Å². The van der Waals surface area contributed by atoms with E-state index < -0.39 is 0 Å². The first kappa shape index (κ1) is 24.6. The lowest BCUT2D eigenvalue weighted by molar-refractivity contribution is -0.143. The van der Waals surface area contributed by atoms with E-state index >= 15 is 0 Å². The number of hydrazine groups is 1. The first-order chi connectivity index (χ1) is 15.0. The smallest absolute Gasteiger partial charge is 0.241 e. The molecule has 7 nitrogen and oxygen atoms in total. The molecule has 32 heavy (non-hydrogen) atoms. The molecular weight excluding hydrogens is 430 g/mol. The van der Waals surface area contributed by atoms with Crippen LogP contribution >= 0.6 is 12.4 Å². The van der Waals surface area contributed by atoms with Gasteiger partial charge in [-0.3, -0.25) is 14.6 Å². The zero-order chi connectivity index (χ0) is 21.8. The van der Waals surface area contributed by atoms with Gasteiger partial charge in [0.25, 0.3) is 0 Å². The van der Waals surface area contributed by atoms with Crippen LogP contribution in [0.15, 0.2) is 18.2 Å². The summed E-state index contributed by atoms with van der Waals surface area (Å²) >= 11 is 0. The number of carbonyl (C=O) groups excluding carboxylic acids is 2. The minimum absolute atomic E-state index is 0. The van der Waals surface area contributed by atoms with Gasteiger partial charge in [0.15, 0.2) is 11.5 Å². The summed E-state index contributed by atoms with van der Waals surface area (Å²) in [6.07, 6.45) is 10.8. The number of rotatable bonds is 7. The second-order valence-electron chi connectivity index (χ2n) is 9.08. The number of amides is 2. The summed E-state index contributed by atoms with van der Waals surface area (Å²) in [5, 5.41) is 6.58. The SMILES string of the molecule is COc1ccc(C2CC(=O)N(CC(=O)NC3CCCCC3)N2C)cc1OC1CCCC1.Cl. The summed E-state index contributed by atoms with van der Waals surface area (Å²) in [6.45, 7) is 0.0733. The normalized spacial score (nSPS) is 22.6. The van der Waals surface area contributed by atoms with Gasteiger partial charge in [0.2, 0.25) is 11.8 Å². The molecule has 1 aliphatic heterocycles. The van der Waals surface area contributed by atoms with E-state index in [1.54, 1.807) is 12.1 Å². The average Bonchev–Trinajstić information content (AvgIpc) is 3.38. The van der Waals surface area contributed by atoms with Crippen molar-refractivity contribution < 1.29 is 19.1 Å². The molecular formula is C24H36ClN3O4. The predicted octanol–water partition coefficient (Wildman–Crippen LogP) is 4.01. The molecule has 1 atom stereocenters. The molecule has 3 fully saturated rings. The number of halogens is 1. The Kier molecular flexibility index (Phi) is 8.65. The number of nitrogens with one attached hydrogen (secondary N) is 1. The molecule has 178 valence electrons. The van der Waals surface area contributed by atoms with Crippen molar-refractivity contribution in [3.63, 3.8) is 0 Å². The molecule has 1 heterocycles. The Morgan fingerprint density at radius 2 is 1.75 bits per heavy atom. The van der Waals surface area contributed by atoms with Crippen LogP contribution in [0, 0.1) is 0 Å². The fraction of sp³-hybridized carbons (Fsp3) is 0.667. The average molecular weight is 466 g/mol. The van der Waals surface area contributed by atoms with Crippen molar-refractivity contribution in [3.8, 4) is 11.5 Å². The van der Waals surface area contributed by atoms with E-state index in [1.807, 2.05) is 30.3 Å². The number of benzene rings is 1. The molecule has 3 aliphatic rings. The van der Waals surface area contributed by atoms with Crippen molar-refractivity contribution in [2.24, 2.45) is 0 Å². The number of hydrogen-bond donors (Lipinski definition) is 1. The quantitative estimate of drug-likeness (QED) is 0.658. The lowest BCUT2D eigenvalue weighted by Crippen LogP contribution is -2.47. The zero-order valence-electron chi connectivity index (χ0n) is 19.2. The molecule has 1 N–H and O–H groups in total. The second-order valence-corrected chi connectivity index (χ2v) is 9.08. The van der Waals surface area contributed by atoms with Crippen molar-refractivity contribution in [2.45, 2.75) is 82.4 Å². The third-order valence-corrected chi connectivity index (χ3v) is 6.92. The largest absolute Gasteiger partial charge is 0.493 e. The summed E-state index contributed by atoms with van der Waals surface area (Å²) in [4.78, 5) is 25.3. The van der Waals surface area contributed by atoms with E-state index in [0.717, 1.165) is 49.8 Å². The summed E-state index contributed by atoms with van der Waals surface area (Å²) in [5.41, 5.74) is 1.000. The van der Waals surface area contributed by atoms with Crippen LogP contribution in [0.4, 0.5) is 0 Å². The molecule has 2 saturated carbocycles. The van der Waals surface area contributed by atoms with Gasteiger partial charge in [-0.05, 0) is 56.2 Å². The molecule has 1 saturated heterocycles. The molecule has 1 aromatic carbocycles.